The minimum atomic E-state index is -0.475. The fourth-order valence-corrected chi connectivity index (χ4v) is 5.84. The molecule has 7 nitrogen and oxygen atoms in total. The topological polar surface area (TPSA) is 91.2 Å². The van der Waals surface area contributed by atoms with Crippen molar-refractivity contribution in [1.82, 2.24) is 5.01 Å². The zero-order valence-electron chi connectivity index (χ0n) is 18.4. The molecule has 0 aliphatic carbocycles. The molecular formula is C25H20N4O3S3. The highest BCUT2D eigenvalue weighted by Crippen LogP contribution is 2.33. The molecule has 0 spiro atoms. The van der Waals surface area contributed by atoms with E-state index in [1.54, 1.807) is 23.9 Å². The van der Waals surface area contributed by atoms with E-state index >= 15 is 0 Å². The Bertz CT molecular complexity index is 1320. The highest BCUT2D eigenvalue weighted by molar-refractivity contribution is 8.45. The average molecular weight is 521 g/mol. The van der Waals surface area contributed by atoms with Gasteiger partial charge in [0, 0.05) is 11.5 Å². The molecule has 5 rings (SSSR count). The molecular weight excluding hydrogens is 501 g/mol. The molecule has 3 heterocycles. The number of carbonyl (C=O) groups is 1. The van der Waals surface area contributed by atoms with Crippen LogP contribution in [0.15, 0.2) is 98.0 Å². The molecule has 1 amide bonds. The average Bonchev–Trinajstić information content (AvgIpc) is 3.51. The zero-order chi connectivity index (χ0) is 24.0. The lowest BCUT2D eigenvalue weighted by atomic mass is 10.1. The second-order valence-corrected chi connectivity index (χ2v) is 10.6. The van der Waals surface area contributed by atoms with E-state index in [1.807, 2.05) is 54.6 Å². The van der Waals surface area contributed by atoms with Crippen molar-refractivity contribution in [1.29, 1.82) is 5.41 Å². The third kappa shape index (κ3) is 5.90. The van der Waals surface area contributed by atoms with Crippen LogP contribution >= 0.6 is 35.3 Å². The van der Waals surface area contributed by atoms with E-state index in [0.717, 1.165) is 21.0 Å². The van der Waals surface area contributed by atoms with Crippen LogP contribution in [-0.2, 0) is 10.5 Å². The van der Waals surface area contributed by atoms with E-state index in [9.17, 15) is 4.79 Å². The van der Waals surface area contributed by atoms with E-state index in [2.05, 4.69) is 22.2 Å². The molecule has 0 radical (unpaired) electrons. The Hall–Kier alpha value is -3.21. The number of furan rings is 1. The number of nitrogens with zero attached hydrogens (tertiary/aromatic N) is 3. The molecule has 1 aromatic heterocycles. The zero-order valence-corrected chi connectivity index (χ0v) is 20.9. The predicted molar refractivity (Wildman–Crippen MR) is 144 cm³/mol. The molecule has 0 saturated carbocycles. The minimum absolute atomic E-state index is 0.0153. The fourth-order valence-electron chi connectivity index (χ4n) is 3.20. The molecule has 0 saturated heterocycles. The Labute approximate surface area is 215 Å². The second-order valence-electron chi connectivity index (χ2n) is 7.33. The molecule has 0 unspecified atom stereocenters. The first kappa shape index (κ1) is 23.5. The lowest BCUT2D eigenvalue weighted by Crippen LogP contribution is -2.35. The number of para-hydroxylation sites is 1. The van der Waals surface area contributed by atoms with Crippen LogP contribution in [0.3, 0.4) is 0 Å². The summed E-state index contributed by atoms with van der Waals surface area (Å²) in [7, 11) is 0. The molecule has 0 bridgehead atoms. The lowest BCUT2D eigenvalue weighted by Gasteiger charge is -2.19. The van der Waals surface area contributed by atoms with Gasteiger partial charge in [-0.15, -0.1) is 5.10 Å². The number of nitrogens with one attached hydrogen (secondary N) is 1. The fraction of sp³-hybridized carbons (Fsp3) is 0.120. The summed E-state index contributed by atoms with van der Waals surface area (Å²) in [5, 5.41) is 15.5. The van der Waals surface area contributed by atoms with Crippen LogP contribution in [0.25, 0.3) is 6.08 Å². The lowest BCUT2D eigenvalue weighted by molar-refractivity contribution is -0.114. The van der Waals surface area contributed by atoms with E-state index in [0.29, 0.717) is 23.3 Å². The van der Waals surface area contributed by atoms with Crippen molar-refractivity contribution >= 4 is 62.6 Å². The van der Waals surface area contributed by atoms with Gasteiger partial charge in [0.05, 0.1) is 12.2 Å². The number of hydrazone groups is 1. The van der Waals surface area contributed by atoms with Crippen molar-refractivity contribution in [3.8, 4) is 5.75 Å². The summed E-state index contributed by atoms with van der Waals surface area (Å²) < 4.78 is 12.3. The molecule has 1 N–H and O–H groups in total. The van der Waals surface area contributed by atoms with Gasteiger partial charge in [-0.2, -0.15) is 10.0 Å². The van der Waals surface area contributed by atoms with Gasteiger partial charge in [0.15, 0.2) is 15.3 Å². The molecule has 0 atom stereocenters. The van der Waals surface area contributed by atoms with Gasteiger partial charge in [-0.25, -0.2) is 0 Å². The monoisotopic (exact) mass is 520 g/mol. The van der Waals surface area contributed by atoms with Gasteiger partial charge in [-0.3, -0.25) is 10.2 Å². The standard InChI is InChI=1S/C25H20N4O3S3/c26-22-20(15-19-11-12-21(32-19)34-16-17-7-3-1-4-8-17)23(30)27-24-29(22)28-25(35-24)33-14-13-31-18-9-5-2-6-10-18/h1-12,15,26H,13-14,16H2/b20-15-,26-22?. The molecule has 2 aromatic carbocycles. The molecule has 176 valence electrons. The number of amidine groups is 2. The number of benzene rings is 2. The van der Waals surface area contributed by atoms with Crippen LogP contribution in [0.2, 0.25) is 0 Å². The number of amides is 1. The maximum absolute atomic E-state index is 12.6. The summed E-state index contributed by atoms with van der Waals surface area (Å²) in [6.07, 6.45) is 1.55. The number of hydrogen-bond donors (Lipinski definition) is 1. The molecule has 35 heavy (non-hydrogen) atoms. The molecule has 2 aliphatic heterocycles. The minimum Gasteiger partial charge on any atom is -0.493 e. The first-order valence-corrected chi connectivity index (χ1v) is 13.5. The molecule has 10 heteroatoms. The first-order chi connectivity index (χ1) is 17.2. The van der Waals surface area contributed by atoms with E-state index in [1.165, 1.54) is 34.1 Å². The molecule has 3 aromatic rings. The Morgan fingerprint density at radius 1 is 1.03 bits per heavy atom. The summed E-state index contributed by atoms with van der Waals surface area (Å²) in [6, 6.07) is 23.4. The van der Waals surface area contributed by atoms with Crippen LogP contribution in [0, 0.1) is 5.41 Å². The molecule has 2 aliphatic rings. The largest absolute Gasteiger partial charge is 0.493 e. The maximum atomic E-state index is 12.6. The van der Waals surface area contributed by atoms with Crippen molar-refractivity contribution < 1.29 is 13.9 Å². The number of thioether (sulfide) groups is 3. The van der Waals surface area contributed by atoms with Crippen molar-refractivity contribution in [3.05, 3.63) is 89.7 Å². The predicted octanol–water partition coefficient (Wildman–Crippen LogP) is 5.96. The van der Waals surface area contributed by atoms with Crippen LogP contribution in [0.1, 0.15) is 11.3 Å². The summed E-state index contributed by atoms with van der Waals surface area (Å²) in [5.41, 5.74) is 1.34. The van der Waals surface area contributed by atoms with Gasteiger partial charge in [0.25, 0.3) is 5.91 Å². The van der Waals surface area contributed by atoms with Gasteiger partial charge < -0.3 is 9.15 Å². The Morgan fingerprint density at radius 3 is 2.60 bits per heavy atom. The highest BCUT2D eigenvalue weighted by atomic mass is 32.2. The van der Waals surface area contributed by atoms with E-state index in [-0.39, 0.29) is 11.4 Å². The number of hydrogen-bond acceptors (Lipinski definition) is 8. The quantitative estimate of drug-likeness (QED) is 0.223. The van der Waals surface area contributed by atoms with Gasteiger partial charge >= 0.3 is 0 Å². The van der Waals surface area contributed by atoms with E-state index in [4.69, 9.17) is 14.6 Å². The van der Waals surface area contributed by atoms with Gasteiger partial charge in [0.1, 0.15) is 11.5 Å². The van der Waals surface area contributed by atoms with Crippen molar-refractivity contribution in [2.24, 2.45) is 10.1 Å². The van der Waals surface area contributed by atoms with Crippen LogP contribution in [-0.4, -0.2) is 38.7 Å². The van der Waals surface area contributed by atoms with Crippen LogP contribution < -0.4 is 4.74 Å². The van der Waals surface area contributed by atoms with Crippen molar-refractivity contribution in [2.45, 2.75) is 10.8 Å². The summed E-state index contributed by atoms with van der Waals surface area (Å²) >= 11 is 4.36. The van der Waals surface area contributed by atoms with Crippen LogP contribution in [0.5, 0.6) is 5.75 Å². The number of ether oxygens (including phenoxy) is 1. The second kappa shape index (κ2) is 11.0. The summed E-state index contributed by atoms with van der Waals surface area (Å²) in [5.74, 6) is 2.29. The Morgan fingerprint density at radius 2 is 1.80 bits per heavy atom. The Balaban J connectivity index is 1.19. The highest BCUT2D eigenvalue weighted by Gasteiger charge is 2.36. The number of carbonyl (C=O) groups excluding carboxylic acids is 1. The number of aliphatic imine (C=N–C) groups is 1. The van der Waals surface area contributed by atoms with Crippen LogP contribution in [0.4, 0.5) is 0 Å². The van der Waals surface area contributed by atoms with E-state index < -0.39 is 5.91 Å². The van der Waals surface area contributed by atoms with Gasteiger partial charge in [-0.1, -0.05) is 72.1 Å². The first-order valence-electron chi connectivity index (χ1n) is 10.7. The maximum Gasteiger partial charge on any atom is 0.283 e. The van der Waals surface area contributed by atoms with Crippen molar-refractivity contribution in [2.75, 3.05) is 12.4 Å². The molecule has 0 fully saturated rings. The third-order valence-corrected chi connectivity index (χ3v) is 7.86. The number of rotatable bonds is 8. The summed E-state index contributed by atoms with van der Waals surface area (Å²) in [4.78, 5) is 16.8. The Kier molecular flexibility index (Phi) is 7.41. The summed E-state index contributed by atoms with van der Waals surface area (Å²) in [6.45, 7) is 0.519. The van der Waals surface area contributed by atoms with Gasteiger partial charge in [0.2, 0.25) is 5.17 Å². The van der Waals surface area contributed by atoms with Crippen molar-refractivity contribution in [3.63, 3.8) is 0 Å². The third-order valence-electron chi connectivity index (χ3n) is 4.87. The normalized spacial score (nSPS) is 16.3. The number of fused-ring (bicyclic) bond motifs is 1. The smallest absolute Gasteiger partial charge is 0.283 e. The van der Waals surface area contributed by atoms with Gasteiger partial charge in [-0.05, 0) is 47.7 Å². The SMILES string of the molecule is N=C1/C(=C/c2ccc(SCc3ccccc3)o2)C(=O)N=C2SC(SCCOc3ccccc3)=NN12.